The first-order chi connectivity index (χ1) is 16.6. The van der Waals surface area contributed by atoms with Crippen LogP contribution in [-0.2, 0) is 22.6 Å². The van der Waals surface area contributed by atoms with Gasteiger partial charge in [0.05, 0.1) is 22.2 Å². The monoisotopic (exact) mass is 513 g/mol. The number of nitrogens with one attached hydrogen (secondary N) is 1. The molecular formula is C25H31N5O3S2. The molecule has 10 heteroatoms. The molecule has 35 heavy (non-hydrogen) atoms. The van der Waals surface area contributed by atoms with Gasteiger partial charge in [-0.3, -0.25) is 9.59 Å². The second kappa shape index (κ2) is 10.5. The van der Waals surface area contributed by atoms with E-state index in [0.717, 1.165) is 32.5 Å². The molecule has 2 amide bonds. The van der Waals surface area contributed by atoms with Crippen molar-refractivity contribution in [1.82, 2.24) is 24.6 Å². The topological polar surface area (TPSA) is 108 Å². The van der Waals surface area contributed by atoms with Gasteiger partial charge in [0, 0.05) is 32.4 Å². The van der Waals surface area contributed by atoms with Crippen molar-refractivity contribution in [2.75, 3.05) is 6.54 Å². The molecule has 3 heterocycles. The van der Waals surface area contributed by atoms with Gasteiger partial charge in [0.2, 0.25) is 11.8 Å². The lowest BCUT2D eigenvalue weighted by atomic mass is 9.85. The van der Waals surface area contributed by atoms with Gasteiger partial charge in [-0.15, -0.1) is 11.3 Å². The third-order valence-corrected chi connectivity index (χ3v) is 7.94. The number of thiazole rings is 1. The van der Waals surface area contributed by atoms with Crippen LogP contribution >= 0.6 is 22.9 Å². The Morgan fingerprint density at radius 3 is 2.60 bits per heavy atom. The van der Waals surface area contributed by atoms with E-state index in [1.54, 1.807) is 11.3 Å². The average molecular weight is 514 g/mol. The van der Waals surface area contributed by atoms with E-state index in [0.29, 0.717) is 13.0 Å². The zero-order valence-electron chi connectivity index (χ0n) is 20.4. The third kappa shape index (κ3) is 6.31. The number of hydrogen-bond acceptors (Lipinski definition) is 8. The fourth-order valence-corrected chi connectivity index (χ4v) is 6.11. The van der Waals surface area contributed by atoms with Crippen LogP contribution in [0.5, 0.6) is 0 Å². The first-order valence-electron chi connectivity index (χ1n) is 11.6. The Kier molecular flexibility index (Phi) is 7.63. The second-order valence-electron chi connectivity index (χ2n) is 9.89. The number of amides is 2. The summed E-state index contributed by atoms with van der Waals surface area (Å²) in [5, 5.41) is 14.1. The minimum Gasteiger partial charge on any atom is -0.391 e. The number of benzene rings is 1. The highest BCUT2D eigenvalue weighted by Crippen LogP contribution is 2.30. The molecule has 3 aromatic rings. The molecule has 2 N–H and O–H groups in total. The van der Waals surface area contributed by atoms with Crippen molar-refractivity contribution in [2.24, 2.45) is 5.41 Å². The molecule has 0 aliphatic carbocycles. The molecule has 0 saturated carbocycles. The van der Waals surface area contributed by atoms with Gasteiger partial charge in [0.15, 0.2) is 0 Å². The maximum Gasteiger partial charge on any atom is 0.243 e. The molecule has 1 aliphatic heterocycles. The number of hydrogen-bond donors (Lipinski definition) is 2. The Morgan fingerprint density at radius 2 is 1.97 bits per heavy atom. The lowest BCUT2D eigenvalue weighted by Gasteiger charge is -2.29. The predicted octanol–water partition coefficient (Wildman–Crippen LogP) is 3.52. The van der Waals surface area contributed by atoms with Crippen molar-refractivity contribution >= 4 is 34.7 Å². The Labute approximate surface area is 213 Å². The van der Waals surface area contributed by atoms with Crippen LogP contribution in [-0.4, -0.2) is 54.9 Å². The molecule has 0 radical (unpaired) electrons. The molecule has 4 rings (SSSR count). The van der Waals surface area contributed by atoms with E-state index in [-0.39, 0.29) is 36.6 Å². The normalized spacial score (nSPS) is 18.1. The van der Waals surface area contributed by atoms with Gasteiger partial charge < -0.3 is 15.3 Å². The van der Waals surface area contributed by atoms with E-state index < -0.39 is 12.1 Å². The van der Waals surface area contributed by atoms with Crippen LogP contribution in [0.4, 0.5) is 0 Å². The van der Waals surface area contributed by atoms with E-state index in [2.05, 4.69) is 19.7 Å². The number of aliphatic hydroxyl groups excluding tert-OH is 1. The van der Waals surface area contributed by atoms with Crippen molar-refractivity contribution in [1.29, 1.82) is 0 Å². The molecule has 0 spiro atoms. The summed E-state index contributed by atoms with van der Waals surface area (Å²) in [6.07, 6.45) is 0.442. The van der Waals surface area contributed by atoms with Crippen LogP contribution in [0, 0.1) is 19.3 Å². The summed E-state index contributed by atoms with van der Waals surface area (Å²) >= 11 is 2.96. The lowest BCUT2D eigenvalue weighted by Crippen LogP contribution is -2.46. The van der Waals surface area contributed by atoms with Gasteiger partial charge in [-0.05, 0) is 41.9 Å². The van der Waals surface area contributed by atoms with Crippen LogP contribution in [0.25, 0.3) is 10.4 Å². The summed E-state index contributed by atoms with van der Waals surface area (Å²) in [4.78, 5) is 37.5. The maximum absolute atomic E-state index is 13.2. The maximum atomic E-state index is 13.2. The second-order valence-corrected chi connectivity index (χ2v) is 11.6. The zero-order valence-corrected chi connectivity index (χ0v) is 22.1. The van der Waals surface area contributed by atoms with Gasteiger partial charge in [-0.1, -0.05) is 38.1 Å². The quantitative estimate of drug-likeness (QED) is 0.477. The van der Waals surface area contributed by atoms with Crippen LogP contribution in [0.1, 0.15) is 48.8 Å². The first-order valence-corrected chi connectivity index (χ1v) is 13.3. The van der Waals surface area contributed by atoms with Gasteiger partial charge in [-0.25, -0.2) is 9.97 Å². The van der Waals surface area contributed by atoms with Gasteiger partial charge in [-0.2, -0.15) is 4.37 Å². The minimum atomic E-state index is -0.703. The zero-order chi connectivity index (χ0) is 25.2. The van der Waals surface area contributed by atoms with Crippen LogP contribution in [0.15, 0.2) is 29.8 Å². The standard InChI is InChI=1S/C25H31N5O3S2/c1-15-23(34-14-27-15)18-7-5-17(6-8-18)12-26-24(33)20-9-19(31)13-30(20)22(32)11-25(3,4)10-21-28-16(2)29-35-21/h5-8,14,19-20,31H,9-13H2,1-4H3,(H,26,33)/t19-,20+/m1/s1. The number of nitrogens with zero attached hydrogens (tertiary/aromatic N) is 4. The molecular weight excluding hydrogens is 482 g/mol. The number of aryl methyl sites for hydroxylation is 2. The van der Waals surface area contributed by atoms with E-state index in [9.17, 15) is 14.7 Å². The molecule has 0 bridgehead atoms. The van der Waals surface area contributed by atoms with Crippen LogP contribution < -0.4 is 5.32 Å². The highest BCUT2D eigenvalue weighted by Gasteiger charge is 2.40. The van der Waals surface area contributed by atoms with Crippen molar-refractivity contribution in [2.45, 2.75) is 65.6 Å². The molecule has 2 aromatic heterocycles. The molecule has 0 unspecified atom stereocenters. The lowest BCUT2D eigenvalue weighted by molar-refractivity contribution is -0.140. The van der Waals surface area contributed by atoms with Gasteiger partial charge in [0.25, 0.3) is 0 Å². The summed E-state index contributed by atoms with van der Waals surface area (Å²) in [5.41, 5.74) is 4.56. The summed E-state index contributed by atoms with van der Waals surface area (Å²) in [7, 11) is 0. The van der Waals surface area contributed by atoms with Gasteiger partial charge >= 0.3 is 0 Å². The Bertz CT molecular complexity index is 1190. The SMILES string of the molecule is Cc1nsc(CC(C)(C)CC(=O)N2C[C@H](O)C[C@H]2C(=O)NCc2ccc(-c3scnc3C)cc2)n1. The molecule has 1 fully saturated rings. The van der Waals surface area contributed by atoms with E-state index >= 15 is 0 Å². The summed E-state index contributed by atoms with van der Waals surface area (Å²) in [6.45, 7) is 8.40. The number of β-amino-alcohol motifs (C(OH)–C–C–N with tert-alkyl or cyclic N) is 1. The Balaban J connectivity index is 1.35. The molecule has 1 saturated heterocycles. The van der Waals surface area contributed by atoms with Crippen molar-refractivity contribution in [3.8, 4) is 10.4 Å². The largest absolute Gasteiger partial charge is 0.391 e. The number of aliphatic hydroxyl groups is 1. The summed E-state index contributed by atoms with van der Waals surface area (Å²) in [5.74, 6) is 0.367. The Morgan fingerprint density at radius 1 is 1.23 bits per heavy atom. The van der Waals surface area contributed by atoms with Crippen LogP contribution in [0.3, 0.4) is 0 Å². The predicted molar refractivity (Wildman–Crippen MR) is 137 cm³/mol. The van der Waals surface area contributed by atoms with Gasteiger partial charge in [0.1, 0.15) is 16.9 Å². The molecule has 186 valence electrons. The number of carbonyl (C=O) groups excluding carboxylic acids is 2. The average Bonchev–Trinajstić information content (AvgIpc) is 3.51. The highest BCUT2D eigenvalue weighted by atomic mass is 32.1. The molecule has 8 nitrogen and oxygen atoms in total. The number of carbonyl (C=O) groups is 2. The smallest absolute Gasteiger partial charge is 0.243 e. The van der Waals surface area contributed by atoms with E-state index in [4.69, 9.17) is 0 Å². The fraction of sp³-hybridized carbons (Fsp3) is 0.480. The summed E-state index contributed by atoms with van der Waals surface area (Å²) < 4.78 is 4.22. The van der Waals surface area contributed by atoms with E-state index in [1.807, 2.05) is 57.5 Å². The molecule has 1 aliphatic rings. The number of aromatic nitrogens is 3. The van der Waals surface area contributed by atoms with Crippen LogP contribution in [0.2, 0.25) is 0 Å². The fourth-order valence-electron chi connectivity index (χ4n) is 4.39. The first kappa shape index (κ1) is 25.4. The number of rotatable bonds is 8. The minimum absolute atomic E-state index is 0.128. The van der Waals surface area contributed by atoms with Crippen molar-refractivity contribution in [3.63, 3.8) is 0 Å². The van der Waals surface area contributed by atoms with Crippen molar-refractivity contribution in [3.05, 3.63) is 51.9 Å². The highest BCUT2D eigenvalue weighted by molar-refractivity contribution is 7.13. The third-order valence-electron chi connectivity index (χ3n) is 6.16. The Hall–Kier alpha value is -2.69. The van der Waals surface area contributed by atoms with E-state index in [1.165, 1.54) is 16.4 Å². The number of likely N-dealkylation sites (tertiary alicyclic amines) is 1. The van der Waals surface area contributed by atoms with Crippen molar-refractivity contribution < 1.29 is 14.7 Å². The molecule has 2 atom stereocenters. The summed E-state index contributed by atoms with van der Waals surface area (Å²) in [6, 6.07) is 7.35. The molecule has 1 aromatic carbocycles.